The smallest absolute Gasteiger partial charge is 0.315 e. The Morgan fingerprint density at radius 3 is 3.00 bits per heavy atom. The van der Waals surface area contributed by atoms with Gasteiger partial charge in [0.25, 0.3) is 0 Å². The Labute approximate surface area is 112 Å². The van der Waals surface area contributed by atoms with Gasteiger partial charge in [-0.05, 0) is 31.9 Å². The highest BCUT2D eigenvalue weighted by Crippen LogP contribution is 2.38. The zero-order chi connectivity index (χ0) is 13.8. The number of nitro benzene ring substituents is 1. The van der Waals surface area contributed by atoms with Crippen molar-refractivity contribution < 1.29 is 10.0 Å². The Morgan fingerprint density at radius 2 is 2.37 bits per heavy atom. The minimum Gasteiger partial charge on any atom is -0.394 e. The number of aliphatic hydroxyl groups is 1. The van der Waals surface area contributed by atoms with Gasteiger partial charge in [-0.1, -0.05) is 6.07 Å². The van der Waals surface area contributed by atoms with Crippen molar-refractivity contribution in [2.75, 3.05) is 29.9 Å². The molecule has 1 aliphatic rings. The number of nitro groups is 1. The molecular weight excluding hydrogens is 246 g/mol. The van der Waals surface area contributed by atoms with Crippen LogP contribution < -0.4 is 10.2 Å². The quantitative estimate of drug-likeness (QED) is 0.628. The molecule has 1 unspecified atom stereocenters. The minimum atomic E-state index is -0.347. The molecule has 2 N–H and O–H groups in total. The van der Waals surface area contributed by atoms with E-state index in [4.69, 9.17) is 0 Å². The minimum absolute atomic E-state index is 0.0180. The van der Waals surface area contributed by atoms with E-state index in [1.165, 1.54) is 0 Å². The fourth-order valence-electron chi connectivity index (χ4n) is 2.63. The molecule has 104 valence electrons. The van der Waals surface area contributed by atoms with E-state index in [2.05, 4.69) is 5.32 Å². The van der Waals surface area contributed by atoms with Crippen molar-refractivity contribution in [1.29, 1.82) is 0 Å². The van der Waals surface area contributed by atoms with Gasteiger partial charge in [-0.25, -0.2) is 0 Å². The van der Waals surface area contributed by atoms with Crippen LogP contribution in [0.3, 0.4) is 0 Å². The molecule has 1 saturated heterocycles. The predicted octanol–water partition coefficient (Wildman–Crippen LogP) is 1.99. The maximum Gasteiger partial charge on any atom is 0.315 e. The zero-order valence-electron chi connectivity index (χ0n) is 11.0. The number of hydrogen-bond acceptors (Lipinski definition) is 5. The second-order valence-corrected chi connectivity index (χ2v) is 4.63. The Bertz CT molecular complexity index is 464. The summed E-state index contributed by atoms with van der Waals surface area (Å²) in [5.41, 5.74) is 1.23. The van der Waals surface area contributed by atoms with Crippen molar-refractivity contribution in [3.63, 3.8) is 0 Å². The maximum absolute atomic E-state index is 11.3. The summed E-state index contributed by atoms with van der Waals surface area (Å²) in [4.78, 5) is 12.9. The molecule has 0 radical (unpaired) electrons. The molecule has 1 aromatic carbocycles. The second-order valence-electron chi connectivity index (χ2n) is 4.63. The first-order chi connectivity index (χ1) is 9.19. The number of para-hydroxylation sites is 1. The van der Waals surface area contributed by atoms with E-state index in [0.29, 0.717) is 17.9 Å². The Hall–Kier alpha value is -1.82. The monoisotopic (exact) mass is 265 g/mol. The summed E-state index contributed by atoms with van der Waals surface area (Å²) < 4.78 is 0. The normalized spacial score (nSPS) is 18.6. The molecule has 0 spiro atoms. The topological polar surface area (TPSA) is 78.6 Å². The highest BCUT2D eigenvalue weighted by molar-refractivity contribution is 5.77. The van der Waals surface area contributed by atoms with Gasteiger partial charge in [0.1, 0.15) is 11.4 Å². The van der Waals surface area contributed by atoms with Crippen LogP contribution in [0.15, 0.2) is 18.2 Å². The summed E-state index contributed by atoms with van der Waals surface area (Å²) in [5, 5.41) is 23.7. The third-order valence-electron chi connectivity index (χ3n) is 3.46. The molecule has 1 atom stereocenters. The molecule has 1 aliphatic heterocycles. The van der Waals surface area contributed by atoms with Crippen LogP contribution in [-0.4, -0.2) is 35.8 Å². The first kappa shape index (κ1) is 13.6. The van der Waals surface area contributed by atoms with Gasteiger partial charge in [0, 0.05) is 13.1 Å². The third-order valence-corrected chi connectivity index (χ3v) is 3.46. The Morgan fingerprint density at radius 1 is 1.58 bits per heavy atom. The summed E-state index contributed by atoms with van der Waals surface area (Å²) in [6.07, 6.45) is 1.83. The predicted molar refractivity (Wildman–Crippen MR) is 74.7 cm³/mol. The van der Waals surface area contributed by atoms with Crippen molar-refractivity contribution in [3.05, 3.63) is 28.3 Å². The van der Waals surface area contributed by atoms with Crippen molar-refractivity contribution in [1.82, 2.24) is 0 Å². The van der Waals surface area contributed by atoms with Crippen LogP contribution in [-0.2, 0) is 0 Å². The molecule has 0 saturated carbocycles. The molecule has 0 bridgehead atoms. The molecule has 1 fully saturated rings. The van der Waals surface area contributed by atoms with E-state index in [0.717, 1.165) is 19.4 Å². The van der Waals surface area contributed by atoms with Crippen molar-refractivity contribution in [2.45, 2.75) is 25.8 Å². The summed E-state index contributed by atoms with van der Waals surface area (Å²) >= 11 is 0. The zero-order valence-corrected chi connectivity index (χ0v) is 11.0. The number of anilines is 2. The van der Waals surface area contributed by atoms with Crippen LogP contribution in [0.5, 0.6) is 0 Å². The molecule has 0 amide bonds. The number of hydrogen-bond donors (Lipinski definition) is 2. The van der Waals surface area contributed by atoms with Gasteiger partial charge in [-0.15, -0.1) is 0 Å². The average Bonchev–Trinajstić information content (AvgIpc) is 2.86. The number of aliphatic hydroxyl groups excluding tert-OH is 1. The lowest BCUT2D eigenvalue weighted by atomic mass is 10.1. The van der Waals surface area contributed by atoms with Gasteiger partial charge in [0.2, 0.25) is 0 Å². The largest absolute Gasteiger partial charge is 0.394 e. The van der Waals surface area contributed by atoms with Crippen LogP contribution in [0.25, 0.3) is 0 Å². The molecular formula is C13H19N3O3. The number of nitrogens with zero attached hydrogens (tertiary/aromatic N) is 2. The van der Waals surface area contributed by atoms with Gasteiger partial charge in [0.05, 0.1) is 17.6 Å². The molecule has 0 aliphatic carbocycles. The van der Waals surface area contributed by atoms with Crippen molar-refractivity contribution in [3.8, 4) is 0 Å². The van der Waals surface area contributed by atoms with E-state index in [1.807, 2.05) is 17.9 Å². The first-order valence-corrected chi connectivity index (χ1v) is 6.57. The van der Waals surface area contributed by atoms with Crippen molar-refractivity contribution in [2.24, 2.45) is 0 Å². The van der Waals surface area contributed by atoms with E-state index in [1.54, 1.807) is 12.1 Å². The van der Waals surface area contributed by atoms with Gasteiger partial charge < -0.3 is 15.3 Å². The number of nitrogens with one attached hydrogen (secondary N) is 1. The lowest BCUT2D eigenvalue weighted by molar-refractivity contribution is -0.383. The van der Waals surface area contributed by atoms with Crippen molar-refractivity contribution >= 4 is 17.1 Å². The lowest BCUT2D eigenvalue weighted by Crippen LogP contribution is -2.32. The molecule has 6 heteroatoms. The fraction of sp³-hybridized carbons (Fsp3) is 0.538. The molecule has 6 nitrogen and oxygen atoms in total. The number of rotatable bonds is 5. The molecule has 1 aromatic rings. The van der Waals surface area contributed by atoms with Gasteiger partial charge in [0.15, 0.2) is 0 Å². The Kier molecular flexibility index (Phi) is 4.21. The Balaban J connectivity index is 2.44. The molecule has 19 heavy (non-hydrogen) atoms. The van der Waals surface area contributed by atoms with Crippen LogP contribution in [0, 0.1) is 10.1 Å². The summed E-state index contributed by atoms with van der Waals surface area (Å²) in [6.45, 7) is 3.32. The van der Waals surface area contributed by atoms with E-state index in [9.17, 15) is 15.2 Å². The SMILES string of the molecule is CCNc1cccc(N2CCCC2CO)c1[N+](=O)[O-]. The van der Waals surface area contributed by atoms with E-state index >= 15 is 0 Å². The number of benzene rings is 1. The van der Waals surface area contributed by atoms with Crippen LogP contribution in [0.4, 0.5) is 17.1 Å². The first-order valence-electron chi connectivity index (χ1n) is 6.57. The second kappa shape index (κ2) is 5.88. The molecule has 2 rings (SSSR count). The summed E-state index contributed by atoms with van der Waals surface area (Å²) in [6, 6.07) is 5.27. The van der Waals surface area contributed by atoms with Crippen LogP contribution in [0.1, 0.15) is 19.8 Å². The van der Waals surface area contributed by atoms with Gasteiger partial charge >= 0.3 is 5.69 Å². The van der Waals surface area contributed by atoms with E-state index < -0.39 is 0 Å². The standard InChI is InChI=1S/C13H19N3O3/c1-2-14-11-6-3-7-12(13(11)16(18)19)15-8-4-5-10(15)9-17/h3,6-7,10,14,17H,2,4-5,8-9H2,1H3. The lowest BCUT2D eigenvalue weighted by Gasteiger charge is -2.25. The third kappa shape index (κ3) is 2.63. The summed E-state index contributed by atoms with van der Waals surface area (Å²) in [7, 11) is 0. The highest BCUT2D eigenvalue weighted by atomic mass is 16.6. The van der Waals surface area contributed by atoms with E-state index in [-0.39, 0.29) is 23.3 Å². The highest BCUT2D eigenvalue weighted by Gasteiger charge is 2.30. The molecule has 1 heterocycles. The molecule has 0 aromatic heterocycles. The van der Waals surface area contributed by atoms with Crippen LogP contribution in [0.2, 0.25) is 0 Å². The maximum atomic E-state index is 11.3. The van der Waals surface area contributed by atoms with Gasteiger partial charge in [-0.3, -0.25) is 10.1 Å². The summed E-state index contributed by atoms with van der Waals surface area (Å²) in [5.74, 6) is 0. The van der Waals surface area contributed by atoms with Crippen LogP contribution >= 0.6 is 0 Å². The van der Waals surface area contributed by atoms with Gasteiger partial charge in [-0.2, -0.15) is 0 Å². The fourth-order valence-corrected chi connectivity index (χ4v) is 2.63. The average molecular weight is 265 g/mol.